The average Bonchev–Trinajstić information content (AvgIpc) is 2.07. The zero-order valence-electron chi connectivity index (χ0n) is 6.03. The minimum absolute atomic E-state index is 0.109. The number of rotatable bonds is 2. The Morgan fingerprint density at radius 3 is 2.92 bits per heavy atom. The molecule has 0 fully saturated rings. The molecule has 1 aromatic carbocycles. The Hall–Kier alpha value is -1.07. The Labute approximate surface area is 77.6 Å². The Kier molecular flexibility index (Phi) is 3.07. The van der Waals surface area contributed by atoms with Gasteiger partial charge in [-0.1, -0.05) is 15.9 Å². The van der Waals surface area contributed by atoms with Crippen molar-refractivity contribution in [1.29, 1.82) is 0 Å². The van der Waals surface area contributed by atoms with Gasteiger partial charge in [0.1, 0.15) is 5.75 Å². The summed E-state index contributed by atoms with van der Waals surface area (Å²) in [6.07, 6.45) is 1.31. The van der Waals surface area contributed by atoms with E-state index in [1.54, 1.807) is 17.7 Å². The van der Waals surface area contributed by atoms with Crippen molar-refractivity contribution < 1.29 is 10.3 Å². The molecule has 0 saturated carbocycles. The second kappa shape index (κ2) is 4.08. The summed E-state index contributed by atoms with van der Waals surface area (Å²) in [5.74, 6) is 0.109. The SMILES string of the molecule is ONN=Cc1cc(Br)ccc1O. The van der Waals surface area contributed by atoms with Crippen molar-refractivity contribution in [3.8, 4) is 5.75 Å². The molecule has 0 spiro atoms. The van der Waals surface area contributed by atoms with Gasteiger partial charge in [-0.3, -0.25) is 5.21 Å². The monoisotopic (exact) mass is 230 g/mol. The molecule has 5 heteroatoms. The van der Waals surface area contributed by atoms with Crippen LogP contribution in [-0.2, 0) is 0 Å². The fourth-order valence-corrected chi connectivity index (χ4v) is 1.11. The summed E-state index contributed by atoms with van der Waals surface area (Å²) in [6, 6.07) is 4.91. The molecule has 0 aliphatic carbocycles. The molecule has 0 unspecified atom stereocenters. The first kappa shape index (κ1) is 9.02. The van der Waals surface area contributed by atoms with Gasteiger partial charge in [-0.15, -0.1) is 0 Å². The number of halogens is 1. The number of nitrogens with one attached hydrogen (secondary N) is 1. The molecular weight excluding hydrogens is 224 g/mol. The third-order valence-electron chi connectivity index (χ3n) is 1.25. The van der Waals surface area contributed by atoms with E-state index < -0.39 is 0 Å². The first-order valence-corrected chi connectivity index (χ1v) is 3.94. The number of aromatic hydroxyl groups is 1. The number of hydrazone groups is 1. The summed E-state index contributed by atoms with van der Waals surface area (Å²) < 4.78 is 0.833. The van der Waals surface area contributed by atoms with E-state index in [9.17, 15) is 5.11 Å². The highest BCUT2D eigenvalue weighted by molar-refractivity contribution is 9.10. The quantitative estimate of drug-likeness (QED) is 0.533. The van der Waals surface area contributed by atoms with E-state index in [2.05, 4.69) is 21.0 Å². The maximum atomic E-state index is 9.24. The van der Waals surface area contributed by atoms with E-state index in [-0.39, 0.29) is 5.75 Å². The molecule has 64 valence electrons. The summed E-state index contributed by atoms with van der Waals surface area (Å²) in [5, 5.41) is 20.7. The largest absolute Gasteiger partial charge is 0.507 e. The minimum Gasteiger partial charge on any atom is -0.507 e. The van der Waals surface area contributed by atoms with Gasteiger partial charge in [-0.2, -0.15) is 10.7 Å². The molecule has 0 aliphatic heterocycles. The van der Waals surface area contributed by atoms with Gasteiger partial charge in [-0.25, -0.2) is 0 Å². The first-order valence-electron chi connectivity index (χ1n) is 3.14. The molecule has 3 N–H and O–H groups in total. The molecule has 12 heavy (non-hydrogen) atoms. The molecule has 0 aromatic heterocycles. The highest BCUT2D eigenvalue weighted by atomic mass is 79.9. The molecule has 4 nitrogen and oxygen atoms in total. The predicted molar refractivity (Wildman–Crippen MR) is 48.3 cm³/mol. The highest BCUT2D eigenvalue weighted by Crippen LogP contribution is 2.19. The smallest absolute Gasteiger partial charge is 0.124 e. The van der Waals surface area contributed by atoms with E-state index in [4.69, 9.17) is 5.21 Å². The van der Waals surface area contributed by atoms with E-state index in [1.165, 1.54) is 12.3 Å². The lowest BCUT2D eigenvalue weighted by atomic mass is 10.2. The number of benzene rings is 1. The molecule has 0 amide bonds. The third-order valence-corrected chi connectivity index (χ3v) is 1.74. The summed E-state index contributed by atoms with van der Waals surface area (Å²) in [4.78, 5) is 0. The van der Waals surface area contributed by atoms with Crippen LogP contribution in [0, 0.1) is 0 Å². The molecule has 0 saturated heterocycles. The van der Waals surface area contributed by atoms with Crippen molar-refractivity contribution >= 4 is 22.1 Å². The van der Waals surface area contributed by atoms with Crippen LogP contribution >= 0.6 is 15.9 Å². The van der Waals surface area contributed by atoms with Crippen LogP contribution in [0.1, 0.15) is 5.56 Å². The normalized spacial score (nSPS) is 10.5. The molecule has 0 bridgehead atoms. The van der Waals surface area contributed by atoms with Crippen LogP contribution in [0.2, 0.25) is 0 Å². The van der Waals surface area contributed by atoms with Crippen molar-refractivity contribution in [3.63, 3.8) is 0 Å². The van der Waals surface area contributed by atoms with E-state index in [0.29, 0.717) is 5.56 Å². The van der Waals surface area contributed by atoms with Crippen LogP contribution in [0.15, 0.2) is 27.8 Å². The summed E-state index contributed by atoms with van der Waals surface area (Å²) in [7, 11) is 0. The second-order valence-electron chi connectivity index (χ2n) is 2.06. The Bertz CT molecular complexity index is 301. The fourth-order valence-electron chi connectivity index (χ4n) is 0.727. The van der Waals surface area contributed by atoms with Gasteiger partial charge in [0.05, 0.1) is 6.21 Å². The zero-order chi connectivity index (χ0) is 8.97. The first-order chi connectivity index (χ1) is 5.74. The summed E-state index contributed by atoms with van der Waals surface area (Å²) in [6.45, 7) is 0. The van der Waals surface area contributed by atoms with Gasteiger partial charge in [0.25, 0.3) is 0 Å². The van der Waals surface area contributed by atoms with Gasteiger partial charge in [0.2, 0.25) is 0 Å². The molecule has 0 aliphatic rings. The molecule has 1 rings (SSSR count). The molecule has 0 radical (unpaired) electrons. The minimum atomic E-state index is 0.109. The van der Waals surface area contributed by atoms with E-state index in [0.717, 1.165) is 4.47 Å². The summed E-state index contributed by atoms with van der Waals surface area (Å²) >= 11 is 3.23. The Morgan fingerprint density at radius 2 is 2.25 bits per heavy atom. The standard InChI is InChI=1S/C7H7BrN2O2/c8-6-1-2-7(11)5(3-6)4-9-10-12/h1-4,10-12H. The molecular formula is C7H7BrN2O2. The Morgan fingerprint density at radius 1 is 1.50 bits per heavy atom. The van der Waals surface area contributed by atoms with Gasteiger partial charge in [0.15, 0.2) is 0 Å². The summed E-state index contributed by atoms with van der Waals surface area (Å²) in [5.41, 5.74) is 2.13. The zero-order valence-corrected chi connectivity index (χ0v) is 7.62. The van der Waals surface area contributed by atoms with Crippen LogP contribution in [0.5, 0.6) is 5.75 Å². The third kappa shape index (κ3) is 2.21. The molecule has 0 atom stereocenters. The average molecular weight is 231 g/mol. The number of hydrogen-bond acceptors (Lipinski definition) is 4. The maximum absolute atomic E-state index is 9.24. The topological polar surface area (TPSA) is 64.8 Å². The lowest BCUT2D eigenvalue weighted by Gasteiger charge is -1.97. The number of hydrogen-bond donors (Lipinski definition) is 3. The maximum Gasteiger partial charge on any atom is 0.124 e. The van der Waals surface area contributed by atoms with Gasteiger partial charge >= 0.3 is 0 Å². The fraction of sp³-hybridized carbons (Fsp3) is 0. The Balaban J connectivity index is 2.97. The second-order valence-corrected chi connectivity index (χ2v) is 2.98. The van der Waals surface area contributed by atoms with Crippen LogP contribution in [-0.4, -0.2) is 16.5 Å². The van der Waals surface area contributed by atoms with Crippen LogP contribution < -0.4 is 5.59 Å². The lowest BCUT2D eigenvalue weighted by Crippen LogP contribution is -1.96. The van der Waals surface area contributed by atoms with Gasteiger partial charge < -0.3 is 5.11 Å². The van der Waals surface area contributed by atoms with E-state index >= 15 is 0 Å². The number of phenols is 1. The van der Waals surface area contributed by atoms with Crippen LogP contribution in [0.25, 0.3) is 0 Å². The van der Waals surface area contributed by atoms with Crippen LogP contribution in [0.3, 0.4) is 0 Å². The van der Waals surface area contributed by atoms with Gasteiger partial charge in [-0.05, 0) is 18.2 Å². The van der Waals surface area contributed by atoms with Crippen molar-refractivity contribution in [2.24, 2.45) is 5.10 Å². The van der Waals surface area contributed by atoms with Crippen LogP contribution in [0.4, 0.5) is 0 Å². The van der Waals surface area contributed by atoms with Gasteiger partial charge in [0, 0.05) is 10.0 Å². The van der Waals surface area contributed by atoms with E-state index in [1.807, 2.05) is 0 Å². The molecule has 1 aromatic rings. The van der Waals surface area contributed by atoms with Crippen molar-refractivity contribution in [1.82, 2.24) is 5.59 Å². The van der Waals surface area contributed by atoms with Crippen molar-refractivity contribution in [3.05, 3.63) is 28.2 Å². The predicted octanol–water partition coefficient (Wildman–Crippen LogP) is 1.47. The highest BCUT2D eigenvalue weighted by Gasteiger charge is 1.97. The molecule has 0 heterocycles. The number of phenolic OH excluding ortho intramolecular Hbond substituents is 1. The lowest BCUT2D eigenvalue weighted by molar-refractivity contribution is 0.173. The number of nitrogens with zero attached hydrogens (tertiary/aromatic N) is 1. The van der Waals surface area contributed by atoms with Crippen molar-refractivity contribution in [2.75, 3.05) is 0 Å². The van der Waals surface area contributed by atoms with Crippen molar-refractivity contribution in [2.45, 2.75) is 0 Å².